The third-order valence-electron chi connectivity index (χ3n) is 6.92. The Morgan fingerprint density at radius 2 is 1.73 bits per heavy atom. The van der Waals surface area contributed by atoms with Crippen molar-refractivity contribution in [2.45, 2.75) is 39.3 Å². The van der Waals surface area contributed by atoms with E-state index in [0.717, 1.165) is 34.0 Å². The molecule has 2 aromatic carbocycles. The highest BCUT2D eigenvalue weighted by Crippen LogP contribution is 2.41. The zero-order chi connectivity index (χ0) is 25.9. The summed E-state index contributed by atoms with van der Waals surface area (Å²) in [5.41, 5.74) is 7.46. The summed E-state index contributed by atoms with van der Waals surface area (Å²) in [6.45, 7) is 6.79. The smallest absolute Gasteiger partial charge is 0.226 e. The van der Waals surface area contributed by atoms with Crippen LogP contribution in [0.25, 0.3) is 5.69 Å². The van der Waals surface area contributed by atoms with E-state index in [1.165, 1.54) is 5.56 Å². The molecule has 37 heavy (non-hydrogen) atoms. The summed E-state index contributed by atoms with van der Waals surface area (Å²) in [4.78, 5) is 19.6. The van der Waals surface area contributed by atoms with Gasteiger partial charge in [0, 0.05) is 41.9 Å². The number of amides is 1. The maximum atomic E-state index is 12.8. The lowest BCUT2D eigenvalue weighted by Crippen LogP contribution is -2.32. The number of nitrogens with one attached hydrogen (secondary N) is 2. The van der Waals surface area contributed by atoms with Crippen molar-refractivity contribution >= 4 is 28.9 Å². The van der Waals surface area contributed by atoms with Crippen molar-refractivity contribution < 1.29 is 4.79 Å². The quantitative estimate of drug-likeness (QED) is 0.309. The van der Waals surface area contributed by atoms with Gasteiger partial charge in [-0.3, -0.25) is 9.78 Å². The Morgan fingerprint density at radius 1 is 1.00 bits per heavy atom. The first-order valence-electron chi connectivity index (χ1n) is 12.5. The molecule has 0 spiro atoms. The first-order chi connectivity index (χ1) is 17.9. The number of aryl methyl sites for hydroxylation is 2. The summed E-state index contributed by atoms with van der Waals surface area (Å²) < 4.78 is 2.27. The summed E-state index contributed by atoms with van der Waals surface area (Å²) in [6.07, 6.45) is 2.13. The fraction of sp³-hybridized carbons (Fsp3) is 0.233. The van der Waals surface area contributed by atoms with Crippen LogP contribution in [0, 0.1) is 20.8 Å². The Bertz CT molecular complexity index is 1400. The lowest BCUT2D eigenvalue weighted by Gasteiger charge is -2.28. The van der Waals surface area contributed by atoms with Crippen LogP contribution < -0.4 is 10.6 Å². The van der Waals surface area contributed by atoms with E-state index >= 15 is 0 Å². The molecule has 1 saturated heterocycles. The molecular formula is C30H31N5OS. The highest BCUT2D eigenvalue weighted by atomic mass is 32.1. The monoisotopic (exact) mass is 509 g/mol. The van der Waals surface area contributed by atoms with Gasteiger partial charge in [0.05, 0.1) is 17.8 Å². The number of thiocarbonyl (C=S) groups is 1. The van der Waals surface area contributed by atoms with Crippen molar-refractivity contribution in [1.82, 2.24) is 19.8 Å². The number of rotatable bonds is 7. The second-order valence-electron chi connectivity index (χ2n) is 9.48. The molecule has 4 aromatic rings. The molecule has 2 aromatic heterocycles. The van der Waals surface area contributed by atoms with Crippen molar-refractivity contribution in [2.24, 2.45) is 0 Å². The van der Waals surface area contributed by atoms with Gasteiger partial charge in [-0.15, -0.1) is 0 Å². The van der Waals surface area contributed by atoms with E-state index in [9.17, 15) is 4.79 Å². The van der Waals surface area contributed by atoms with Crippen LogP contribution in [0.3, 0.4) is 0 Å². The number of carbonyl (C=O) groups excluding carboxylic acids is 1. The Balaban J connectivity index is 1.45. The summed E-state index contributed by atoms with van der Waals surface area (Å²) in [5.74, 6) is -0.0403. The predicted octanol–water partition coefficient (Wildman–Crippen LogP) is 5.80. The highest BCUT2D eigenvalue weighted by Gasteiger charge is 2.41. The maximum Gasteiger partial charge on any atom is 0.226 e. The summed E-state index contributed by atoms with van der Waals surface area (Å²) in [7, 11) is 0. The molecule has 3 heterocycles. The lowest BCUT2D eigenvalue weighted by atomic mass is 9.96. The normalized spacial score (nSPS) is 17.1. The molecule has 2 atom stereocenters. The number of hydrogen-bond donors (Lipinski definition) is 2. The number of para-hydroxylation sites is 1. The minimum atomic E-state index is -0.126. The van der Waals surface area contributed by atoms with Crippen molar-refractivity contribution in [3.8, 4) is 5.69 Å². The average molecular weight is 510 g/mol. The fourth-order valence-electron chi connectivity index (χ4n) is 5.13. The zero-order valence-corrected chi connectivity index (χ0v) is 22.1. The molecule has 1 aliphatic rings. The van der Waals surface area contributed by atoms with Crippen LogP contribution >= 0.6 is 12.2 Å². The Morgan fingerprint density at radius 3 is 2.43 bits per heavy atom. The van der Waals surface area contributed by atoms with Crippen molar-refractivity contribution in [3.63, 3.8) is 0 Å². The Hall–Kier alpha value is -3.97. The molecule has 0 bridgehead atoms. The van der Waals surface area contributed by atoms with E-state index in [0.29, 0.717) is 18.1 Å². The van der Waals surface area contributed by atoms with Gasteiger partial charge in [-0.25, -0.2) is 0 Å². The molecule has 0 aliphatic carbocycles. The molecule has 1 amide bonds. The second kappa shape index (κ2) is 10.6. The number of aromatic nitrogens is 2. The average Bonchev–Trinajstić information content (AvgIpc) is 3.39. The Labute approximate surface area is 223 Å². The summed E-state index contributed by atoms with van der Waals surface area (Å²) in [5, 5.41) is 7.14. The van der Waals surface area contributed by atoms with Crippen LogP contribution in [0.4, 0.5) is 5.69 Å². The minimum Gasteiger partial charge on any atom is -0.352 e. The van der Waals surface area contributed by atoms with Gasteiger partial charge < -0.3 is 20.1 Å². The molecule has 1 fully saturated rings. The number of nitrogens with zero attached hydrogens (tertiary/aromatic N) is 3. The van der Waals surface area contributed by atoms with E-state index in [1.54, 1.807) is 0 Å². The van der Waals surface area contributed by atoms with Crippen LogP contribution in [-0.4, -0.2) is 32.0 Å². The zero-order valence-electron chi connectivity index (χ0n) is 21.3. The summed E-state index contributed by atoms with van der Waals surface area (Å²) >= 11 is 5.82. The molecule has 2 N–H and O–H groups in total. The van der Waals surface area contributed by atoms with E-state index in [4.69, 9.17) is 12.2 Å². The number of hydrogen-bond acceptors (Lipinski definition) is 3. The van der Waals surface area contributed by atoms with E-state index in [1.807, 2.05) is 61.7 Å². The van der Waals surface area contributed by atoms with Crippen LogP contribution in [0.5, 0.6) is 0 Å². The molecule has 6 nitrogen and oxygen atoms in total. The van der Waals surface area contributed by atoms with Gasteiger partial charge in [0.1, 0.15) is 0 Å². The third-order valence-corrected chi connectivity index (χ3v) is 7.27. The van der Waals surface area contributed by atoms with Gasteiger partial charge in [-0.2, -0.15) is 0 Å². The van der Waals surface area contributed by atoms with Crippen molar-refractivity contribution in [3.05, 3.63) is 113 Å². The van der Waals surface area contributed by atoms with E-state index < -0.39 is 0 Å². The topological polar surface area (TPSA) is 62.2 Å². The van der Waals surface area contributed by atoms with Gasteiger partial charge in [-0.1, -0.05) is 42.0 Å². The molecular weight excluding hydrogens is 478 g/mol. The van der Waals surface area contributed by atoms with Crippen molar-refractivity contribution in [1.29, 1.82) is 0 Å². The minimum absolute atomic E-state index is 0.0403. The highest BCUT2D eigenvalue weighted by molar-refractivity contribution is 7.80. The largest absolute Gasteiger partial charge is 0.352 e. The number of anilines is 1. The van der Waals surface area contributed by atoms with Crippen LogP contribution in [0.15, 0.2) is 85.1 Å². The van der Waals surface area contributed by atoms with Gasteiger partial charge in [0.15, 0.2) is 5.11 Å². The Kier molecular flexibility index (Phi) is 7.06. The number of carbonyl (C=O) groups is 1. The SMILES string of the molecule is Cc1ccc(NC(=O)CCN2C(=S)N[C@H](c3ccccn3)[C@H]2c2cc(C)n(-c3ccccc3)c2C)cc1. The molecule has 5 rings (SSSR count). The second-order valence-corrected chi connectivity index (χ2v) is 9.87. The molecule has 0 saturated carbocycles. The maximum absolute atomic E-state index is 12.8. The molecule has 0 radical (unpaired) electrons. The van der Waals surface area contributed by atoms with E-state index in [2.05, 4.69) is 69.3 Å². The van der Waals surface area contributed by atoms with Gasteiger partial charge in [-0.05, 0) is 81.0 Å². The van der Waals surface area contributed by atoms with Crippen molar-refractivity contribution in [2.75, 3.05) is 11.9 Å². The van der Waals surface area contributed by atoms with Gasteiger partial charge in [0.25, 0.3) is 0 Å². The molecule has 188 valence electrons. The predicted molar refractivity (Wildman–Crippen MR) is 152 cm³/mol. The summed E-state index contributed by atoms with van der Waals surface area (Å²) in [6, 6.07) is 26.1. The van der Waals surface area contributed by atoms with Crippen LogP contribution in [-0.2, 0) is 4.79 Å². The standard InChI is InChI=1S/C30H31N5OS/c1-20-12-14-23(15-13-20)32-27(36)16-18-34-29(28(33-30(34)37)26-11-7-8-17-31-26)25-19-21(2)35(22(25)3)24-9-5-4-6-10-24/h4-15,17,19,28-29H,16,18H2,1-3H3,(H,32,36)(H,33,37)/t28-,29-/m1/s1. The fourth-order valence-corrected chi connectivity index (χ4v) is 5.46. The lowest BCUT2D eigenvalue weighted by molar-refractivity contribution is -0.116. The number of benzene rings is 2. The van der Waals surface area contributed by atoms with E-state index in [-0.39, 0.29) is 18.0 Å². The molecule has 1 aliphatic heterocycles. The molecule has 0 unspecified atom stereocenters. The first kappa shape index (κ1) is 24.7. The third kappa shape index (κ3) is 5.13. The van der Waals surface area contributed by atoms with Gasteiger partial charge in [0.2, 0.25) is 5.91 Å². The van der Waals surface area contributed by atoms with Crippen LogP contribution in [0.2, 0.25) is 0 Å². The van der Waals surface area contributed by atoms with Crippen LogP contribution in [0.1, 0.15) is 46.7 Å². The first-order valence-corrected chi connectivity index (χ1v) is 12.9. The molecule has 7 heteroatoms. The number of pyridine rings is 1. The van der Waals surface area contributed by atoms with Gasteiger partial charge >= 0.3 is 0 Å².